The Morgan fingerprint density at radius 3 is 2.41 bits per heavy atom. The number of carbonyl (C=O) groups excluding carboxylic acids is 1. The van der Waals surface area contributed by atoms with Crippen LogP contribution in [0.15, 0.2) is 34.9 Å². The van der Waals surface area contributed by atoms with Gasteiger partial charge in [0, 0.05) is 11.3 Å². The van der Waals surface area contributed by atoms with Crippen molar-refractivity contribution in [1.82, 2.24) is 10.1 Å². The zero-order valence-electron chi connectivity index (χ0n) is 19.7. The maximum atomic E-state index is 12.7. The summed E-state index contributed by atoms with van der Waals surface area (Å²) >= 11 is 0. The van der Waals surface area contributed by atoms with Gasteiger partial charge in [0.2, 0.25) is 5.91 Å². The van der Waals surface area contributed by atoms with Crippen molar-refractivity contribution in [1.29, 1.82) is 0 Å². The number of nitrogens with zero attached hydrogens (tertiary/aromatic N) is 2. The Labute approximate surface area is 189 Å². The van der Waals surface area contributed by atoms with Gasteiger partial charge >= 0.3 is 0 Å². The molecule has 3 aromatic rings. The summed E-state index contributed by atoms with van der Waals surface area (Å²) in [5.41, 5.74) is 6.73. The SMILES string of the molecule is Cc1cc(Oc2c(C)cc(NC(=O)[C@@H]3CCCN3C)cc2C)cc(-c2c(C)noc2C)c1. The van der Waals surface area contributed by atoms with Crippen molar-refractivity contribution in [3.8, 4) is 22.6 Å². The molecule has 2 aromatic carbocycles. The van der Waals surface area contributed by atoms with Gasteiger partial charge in [0.05, 0.1) is 11.7 Å². The molecule has 1 atom stereocenters. The maximum Gasteiger partial charge on any atom is 0.241 e. The summed E-state index contributed by atoms with van der Waals surface area (Å²) in [7, 11) is 2.00. The van der Waals surface area contributed by atoms with Gasteiger partial charge in [-0.05, 0) is 108 Å². The Kier molecular flexibility index (Phi) is 6.07. The van der Waals surface area contributed by atoms with Crippen LogP contribution in [-0.4, -0.2) is 35.6 Å². The second kappa shape index (κ2) is 8.79. The first-order valence-electron chi connectivity index (χ1n) is 11.1. The van der Waals surface area contributed by atoms with Crippen LogP contribution in [0.2, 0.25) is 0 Å². The van der Waals surface area contributed by atoms with Gasteiger partial charge in [0.25, 0.3) is 0 Å². The Balaban J connectivity index is 1.58. The van der Waals surface area contributed by atoms with E-state index >= 15 is 0 Å². The number of nitrogens with one attached hydrogen (secondary N) is 1. The van der Waals surface area contributed by atoms with Gasteiger partial charge in [-0.3, -0.25) is 9.69 Å². The third-order valence-electron chi connectivity index (χ3n) is 6.14. The molecular formula is C26H31N3O3. The van der Waals surface area contributed by atoms with E-state index < -0.39 is 0 Å². The van der Waals surface area contributed by atoms with Crippen LogP contribution in [-0.2, 0) is 4.79 Å². The number of rotatable bonds is 5. The molecule has 0 bridgehead atoms. The number of aryl methyl sites for hydroxylation is 5. The molecule has 1 saturated heterocycles. The molecule has 6 nitrogen and oxygen atoms in total. The minimum Gasteiger partial charge on any atom is -0.457 e. The molecule has 1 fully saturated rings. The summed E-state index contributed by atoms with van der Waals surface area (Å²) in [6.07, 6.45) is 1.97. The molecule has 0 aliphatic carbocycles. The summed E-state index contributed by atoms with van der Waals surface area (Å²) in [6.45, 7) is 10.9. The molecule has 1 aromatic heterocycles. The minimum absolute atomic E-state index is 0.0541. The van der Waals surface area contributed by atoms with Crippen LogP contribution in [0.3, 0.4) is 0 Å². The first-order chi connectivity index (χ1) is 15.2. The number of benzene rings is 2. The third-order valence-corrected chi connectivity index (χ3v) is 6.14. The summed E-state index contributed by atoms with van der Waals surface area (Å²) in [5.74, 6) is 2.41. The number of carbonyl (C=O) groups is 1. The molecule has 6 heteroatoms. The molecule has 32 heavy (non-hydrogen) atoms. The highest BCUT2D eigenvalue weighted by molar-refractivity contribution is 5.95. The number of ether oxygens (including phenoxy) is 1. The molecule has 0 spiro atoms. The summed E-state index contributed by atoms with van der Waals surface area (Å²) in [5, 5.41) is 7.16. The predicted molar refractivity (Wildman–Crippen MR) is 126 cm³/mol. The molecule has 1 aliphatic rings. The Morgan fingerprint density at radius 1 is 1.09 bits per heavy atom. The van der Waals surface area contributed by atoms with Crippen LogP contribution >= 0.6 is 0 Å². The fourth-order valence-corrected chi connectivity index (χ4v) is 4.61. The van der Waals surface area contributed by atoms with E-state index in [2.05, 4.69) is 21.4 Å². The molecule has 4 rings (SSSR count). The Hall–Kier alpha value is -3.12. The van der Waals surface area contributed by atoms with E-state index in [0.29, 0.717) is 0 Å². The largest absolute Gasteiger partial charge is 0.457 e. The molecule has 1 aliphatic heterocycles. The van der Waals surface area contributed by atoms with Crippen LogP contribution in [0, 0.1) is 34.6 Å². The molecule has 168 valence electrons. The molecule has 1 amide bonds. The van der Waals surface area contributed by atoms with Crippen LogP contribution in [0.4, 0.5) is 5.69 Å². The number of anilines is 1. The number of hydrogen-bond acceptors (Lipinski definition) is 5. The fourth-order valence-electron chi connectivity index (χ4n) is 4.61. The van der Waals surface area contributed by atoms with E-state index in [1.54, 1.807) is 0 Å². The maximum absolute atomic E-state index is 12.7. The quantitative estimate of drug-likeness (QED) is 0.558. The van der Waals surface area contributed by atoms with Crippen molar-refractivity contribution in [2.75, 3.05) is 18.9 Å². The summed E-state index contributed by atoms with van der Waals surface area (Å²) < 4.78 is 11.7. The Morgan fingerprint density at radius 2 is 1.81 bits per heavy atom. The third kappa shape index (κ3) is 4.41. The van der Waals surface area contributed by atoms with Gasteiger partial charge in [0.15, 0.2) is 0 Å². The number of hydrogen-bond donors (Lipinski definition) is 1. The highest BCUT2D eigenvalue weighted by atomic mass is 16.5. The first kappa shape index (κ1) is 22.1. The van der Waals surface area contributed by atoms with E-state index in [-0.39, 0.29) is 11.9 Å². The van der Waals surface area contributed by atoms with E-state index in [0.717, 1.165) is 75.8 Å². The standard InChI is InChI=1S/C26H31N3O3/c1-15-10-20(24-18(4)28-32-19(24)5)14-22(11-15)31-25-16(2)12-21(13-17(25)3)27-26(30)23-8-7-9-29(23)6/h10-14,23H,7-9H2,1-6H3,(H,27,30)/t23-/m0/s1. The number of amides is 1. The lowest BCUT2D eigenvalue weighted by molar-refractivity contribution is -0.119. The van der Waals surface area contributed by atoms with Crippen molar-refractivity contribution in [2.24, 2.45) is 0 Å². The average Bonchev–Trinajstić information content (AvgIpc) is 3.29. The van der Waals surface area contributed by atoms with Gasteiger partial charge in [-0.1, -0.05) is 11.2 Å². The van der Waals surface area contributed by atoms with Crippen molar-refractivity contribution >= 4 is 11.6 Å². The zero-order chi connectivity index (χ0) is 23.0. The van der Waals surface area contributed by atoms with Gasteiger partial charge in [0.1, 0.15) is 17.3 Å². The molecule has 1 N–H and O–H groups in total. The molecule has 0 unspecified atom stereocenters. The number of likely N-dealkylation sites (N-methyl/N-ethyl adjacent to an activating group) is 1. The van der Waals surface area contributed by atoms with Crippen molar-refractivity contribution in [3.05, 3.63) is 58.5 Å². The second-order valence-corrected chi connectivity index (χ2v) is 8.90. The average molecular weight is 434 g/mol. The highest BCUT2D eigenvalue weighted by Gasteiger charge is 2.27. The molecule has 0 saturated carbocycles. The molecule has 2 heterocycles. The van der Waals surface area contributed by atoms with Crippen molar-refractivity contribution in [3.63, 3.8) is 0 Å². The van der Waals surface area contributed by atoms with E-state index in [4.69, 9.17) is 9.26 Å². The molecule has 0 radical (unpaired) electrons. The monoisotopic (exact) mass is 433 g/mol. The smallest absolute Gasteiger partial charge is 0.241 e. The van der Waals surface area contributed by atoms with Crippen LogP contribution in [0.1, 0.15) is 41.0 Å². The Bertz CT molecular complexity index is 1120. The van der Waals surface area contributed by atoms with E-state index in [9.17, 15) is 4.79 Å². The van der Waals surface area contributed by atoms with Crippen molar-refractivity contribution < 1.29 is 14.1 Å². The van der Waals surface area contributed by atoms with Crippen LogP contribution < -0.4 is 10.1 Å². The predicted octanol–water partition coefficient (Wildman–Crippen LogP) is 5.71. The molecular weight excluding hydrogens is 402 g/mol. The number of aromatic nitrogens is 1. The topological polar surface area (TPSA) is 67.6 Å². The minimum atomic E-state index is -0.0541. The van der Waals surface area contributed by atoms with Crippen LogP contribution in [0.25, 0.3) is 11.1 Å². The lowest BCUT2D eigenvalue weighted by atomic mass is 10.0. The lowest BCUT2D eigenvalue weighted by Crippen LogP contribution is -2.37. The summed E-state index contributed by atoms with van der Waals surface area (Å²) in [4.78, 5) is 14.8. The summed E-state index contributed by atoms with van der Waals surface area (Å²) in [6, 6.07) is 10.0. The van der Waals surface area contributed by atoms with Gasteiger partial charge in [-0.15, -0.1) is 0 Å². The lowest BCUT2D eigenvalue weighted by Gasteiger charge is -2.20. The van der Waals surface area contributed by atoms with Crippen molar-refractivity contribution in [2.45, 2.75) is 53.5 Å². The van der Waals surface area contributed by atoms with E-state index in [1.807, 2.05) is 65.9 Å². The fraction of sp³-hybridized carbons (Fsp3) is 0.385. The highest BCUT2D eigenvalue weighted by Crippen LogP contribution is 2.36. The first-order valence-corrected chi connectivity index (χ1v) is 11.1. The zero-order valence-corrected chi connectivity index (χ0v) is 19.7. The van der Waals surface area contributed by atoms with E-state index in [1.165, 1.54) is 0 Å². The second-order valence-electron chi connectivity index (χ2n) is 8.90. The van der Waals surface area contributed by atoms with Crippen LogP contribution in [0.5, 0.6) is 11.5 Å². The number of likely N-dealkylation sites (tertiary alicyclic amines) is 1. The normalized spacial score (nSPS) is 16.4. The van der Waals surface area contributed by atoms with Gasteiger partial charge < -0.3 is 14.6 Å². The van der Waals surface area contributed by atoms with Gasteiger partial charge in [-0.25, -0.2) is 0 Å². The van der Waals surface area contributed by atoms with Gasteiger partial charge in [-0.2, -0.15) is 0 Å².